The number of nitrogens with one attached hydrogen (secondary N) is 2. The van der Waals surface area contributed by atoms with Gasteiger partial charge in [-0.3, -0.25) is 28.8 Å². The number of phenols is 1. The first-order valence-electron chi connectivity index (χ1n) is 15.3. The molecule has 53 heavy (non-hydrogen) atoms. The number of nitrogens with zero attached hydrogens (tertiary/aromatic N) is 5. The molecule has 21 heteroatoms. The molecule has 2 aliphatic rings. The fourth-order valence-electron chi connectivity index (χ4n) is 5.46. The monoisotopic (exact) mass is 765 g/mol. The van der Waals surface area contributed by atoms with Gasteiger partial charge in [0, 0.05) is 44.7 Å². The van der Waals surface area contributed by atoms with E-state index < -0.39 is 63.6 Å². The van der Waals surface area contributed by atoms with Gasteiger partial charge < -0.3 is 39.6 Å². The highest BCUT2D eigenvalue weighted by Gasteiger charge is 2.68. The Bertz CT molecular complexity index is 2290. The summed E-state index contributed by atoms with van der Waals surface area (Å²) in [7, 11) is 1.67. The number of carboxylic acid groups (broad SMARTS) is 1. The molecule has 3 amide bonds. The van der Waals surface area contributed by atoms with Crippen molar-refractivity contribution < 1.29 is 52.9 Å². The van der Waals surface area contributed by atoms with Crippen LogP contribution >= 0.6 is 23.5 Å². The van der Waals surface area contributed by atoms with E-state index in [2.05, 4.69) is 26.2 Å². The van der Waals surface area contributed by atoms with Crippen LogP contribution in [-0.4, -0.2) is 93.4 Å². The molecule has 0 saturated carbocycles. The van der Waals surface area contributed by atoms with Crippen LogP contribution in [0, 0.1) is 0 Å². The van der Waals surface area contributed by atoms with Gasteiger partial charge in [-0.1, -0.05) is 23.9 Å². The second-order valence-corrected chi connectivity index (χ2v) is 13.6. The van der Waals surface area contributed by atoms with Crippen LogP contribution < -0.4 is 25.5 Å². The van der Waals surface area contributed by atoms with Crippen molar-refractivity contribution in [3.05, 3.63) is 75.8 Å². The van der Waals surface area contributed by atoms with Crippen LogP contribution in [0.4, 0.5) is 0 Å². The number of benzene rings is 2. The second kappa shape index (κ2) is 14.4. The predicted molar refractivity (Wildman–Crippen MR) is 183 cm³/mol. The van der Waals surface area contributed by atoms with Crippen LogP contribution in [0.1, 0.15) is 35.8 Å². The minimum absolute atomic E-state index is 0.0555. The standard InChI is InChI=1S/C32H27N7O12S2/c1-14(40)50-22-8-19-21(9-23(22)51-15(2)41)49-11-20(25(19)43)26(44)33-24(17-4-6-18(42)7-5-17)27(45)34-32(30(47)48)28(46)39-10-16(12-52-29(32)39)13-53-31-35-36-37-38(31)3/h4-11,24,29,42H,12-13H2,1-3H3,(H,33,44)(H,34,45)(H,47,48)/t24?,29-,32+/m0/s1. The van der Waals surface area contributed by atoms with Gasteiger partial charge >= 0.3 is 17.9 Å². The highest BCUT2D eigenvalue weighted by atomic mass is 32.2. The Morgan fingerprint density at radius 1 is 1.09 bits per heavy atom. The molecule has 6 rings (SSSR count). The largest absolute Gasteiger partial charge is 0.508 e. The van der Waals surface area contributed by atoms with Gasteiger partial charge in [0.05, 0.1) is 5.39 Å². The maximum absolute atomic E-state index is 14.0. The summed E-state index contributed by atoms with van der Waals surface area (Å²) in [6.07, 6.45) is 2.32. The van der Waals surface area contributed by atoms with Crippen LogP contribution in [-0.2, 0) is 31.0 Å². The van der Waals surface area contributed by atoms with Crippen molar-refractivity contribution >= 4 is 70.1 Å². The molecule has 0 bridgehead atoms. The number of aryl methyl sites for hydroxylation is 1. The Kier molecular flexibility index (Phi) is 9.95. The Morgan fingerprint density at radius 3 is 2.40 bits per heavy atom. The van der Waals surface area contributed by atoms with E-state index in [-0.39, 0.29) is 33.8 Å². The third-order valence-electron chi connectivity index (χ3n) is 7.92. The van der Waals surface area contributed by atoms with Gasteiger partial charge in [-0.2, -0.15) is 0 Å². The van der Waals surface area contributed by atoms with E-state index >= 15 is 0 Å². The van der Waals surface area contributed by atoms with Gasteiger partial charge in [0.25, 0.3) is 11.8 Å². The van der Waals surface area contributed by atoms with E-state index in [4.69, 9.17) is 13.9 Å². The smallest absolute Gasteiger partial charge is 0.342 e. The summed E-state index contributed by atoms with van der Waals surface area (Å²) >= 11 is 2.43. The van der Waals surface area contributed by atoms with Gasteiger partial charge in [0.1, 0.15) is 34.6 Å². The molecule has 0 spiro atoms. The molecule has 4 heterocycles. The minimum atomic E-state index is -2.42. The van der Waals surface area contributed by atoms with Crippen LogP contribution in [0.5, 0.6) is 17.2 Å². The maximum Gasteiger partial charge on any atom is 0.342 e. The number of aromatic nitrogens is 4. The first-order chi connectivity index (χ1) is 25.2. The van der Waals surface area contributed by atoms with Crippen molar-refractivity contribution in [3.63, 3.8) is 0 Å². The van der Waals surface area contributed by atoms with Crippen molar-refractivity contribution in [1.29, 1.82) is 0 Å². The summed E-state index contributed by atoms with van der Waals surface area (Å²) in [6.45, 7) is 2.18. The number of hydrogen-bond donors (Lipinski definition) is 4. The molecule has 4 aromatic rings. The molecule has 3 atom stereocenters. The molecule has 2 aromatic heterocycles. The number of esters is 2. The summed E-state index contributed by atoms with van der Waals surface area (Å²) in [5.41, 5.74) is -3.27. The lowest BCUT2D eigenvalue weighted by molar-refractivity contribution is -0.170. The minimum Gasteiger partial charge on any atom is -0.508 e. The lowest BCUT2D eigenvalue weighted by Gasteiger charge is -2.53. The molecular formula is C32H27N7O12S2. The average Bonchev–Trinajstić information content (AvgIpc) is 3.52. The molecule has 1 unspecified atom stereocenters. The molecule has 4 N–H and O–H groups in total. The number of hydrogen-bond acceptors (Lipinski definition) is 16. The Labute approximate surface area is 305 Å². The average molecular weight is 766 g/mol. The van der Waals surface area contributed by atoms with E-state index in [0.717, 1.165) is 49.6 Å². The summed E-state index contributed by atoms with van der Waals surface area (Å²) in [6, 6.07) is 5.44. The van der Waals surface area contributed by atoms with E-state index in [9.17, 15) is 43.8 Å². The lowest BCUT2D eigenvalue weighted by Crippen LogP contribution is -2.82. The molecule has 0 aliphatic carbocycles. The van der Waals surface area contributed by atoms with E-state index in [0.29, 0.717) is 16.7 Å². The van der Waals surface area contributed by atoms with Crippen molar-refractivity contribution in [2.45, 2.75) is 36.0 Å². The Balaban J connectivity index is 1.27. The maximum atomic E-state index is 14.0. The van der Waals surface area contributed by atoms with Crippen molar-refractivity contribution in [1.82, 2.24) is 35.7 Å². The van der Waals surface area contributed by atoms with E-state index in [1.165, 1.54) is 51.8 Å². The number of phenolic OH excluding ortho intramolecular Hbond substituents is 1. The number of tetrazole rings is 1. The van der Waals surface area contributed by atoms with Gasteiger partial charge in [0.15, 0.2) is 11.5 Å². The van der Waals surface area contributed by atoms with Crippen molar-refractivity contribution in [3.8, 4) is 17.2 Å². The number of ether oxygens (including phenoxy) is 2. The number of β-lactam (4-membered cyclic amide) rings is 1. The van der Waals surface area contributed by atoms with Crippen LogP contribution in [0.2, 0.25) is 0 Å². The normalized spacial score (nSPS) is 18.2. The second-order valence-electron chi connectivity index (χ2n) is 11.6. The highest BCUT2D eigenvalue weighted by Crippen LogP contribution is 2.44. The van der Waals surface area contributed by atoms with Crippen molar-refractivity contribution in [2.24, 2.45) is 7.05 Å². The number of rotatable bonds is 11. The SMILES string of the molecule is CC(=O)Oc1cc2occ(C(=O)NC(C(=O)N[C@]3(C(=O)O)C(=O)N4C=C(CSc5nnnn5C)CS[C@H]43)c3ccc(O)cc3)c(=O)c2cc1OC(C)=O. The number of carboxylic acids is 1. The first-order valence-corrected chi connectivity index (χ1v) is 17.3. The summed E-state index contributed by atoms with van der Waals surface area (Å²) < 4.78 is 17.1. The molecule has 1 fully saturated rings. The number of amides is 3. The molecule has 0 radical (unpaired) electrons. The molecule has 19 nitrogen and oxygen atoms in total. The fraction of sp³-hybridized carbons (Fsp3) is 0.250. The van der Waals surface area contributed by atoms with E-state index in [1.54, 1.807) is 7.05 Å². The third kappa shape index (κ3) is 7.02. The topological polar surface area (TPSA) is 262 Å². The number of aliphatic carboxylic acids is 1. The molecule has 1 saturated heterocycles. The molecular weight excluding hydrogens is 739 g/mol. The zero-order valence-corrected chi connectivity index (χ0v) is 29.4. The fourth-order valence-corrected chi connectivity index (χ4v) is 7.77. The summed E-state index contributed by atoms with van der Waals surface area (Å²) in [5, 5.41) is 35.4. The number of aromatic hydroxyl groups is 1. The van der Waals surface area contributed by atoms with Gasteiger partial charge in [-0.25, -0.2) is 9.48 Å². The molecule has 2 aliphatic heterocycles. The van der Waals surface area contributed by atoms with Crippen LogP contribution in [0.3, 0.4) is 0 Å². The quantitative estimate of drug-likeness (QED) is 0.0543. The summed E-state index contributed by atoms with van der Waals surface area (Å²) in [4.78, 5) is 91.9. The van der Waals surface area contributed by atoms with Crippen molar-refractivity contribution in [2.75, 3.05) is 11.5 Å². The first kappa shape index (κ1) is 36.6. The number of carbonyl (C=O) groups excluding carboxylic acids is 5. The lowest BCUT2D eigenvalue weighted by atomic mass is 9.87. The Morgan fingerprint density at radius 2 is 1.77 bits per heavy atom. The Hall–Kier alpha value is -6.22. The number of fused-ring (bicyclic) bond motifs is 2. The van der Waals surface area contributed by atoms with Gasteiger partial charge in [0.2, 0.25) is 22.0 Å². The van der Waals surface area contributed by atoms with Crippen LogP contribution in [0.15, 0.2) is 68.8 Å². The summed E-state index contributed by atoms with van der Waals surface area (Å²) in [5.74, 6) is -6.40. The number of thioether (sulfide) groups is 2. The van der Waals surface area contributed by atoms with Gasteiger partial charge in [-0.05, 0) is 39.8 Å². The van der Waals surface area contributed by atoms with E-state index in [1.807, 2.05) is 0 Å². The molecule has 274 valence electrons. The zero-order chi connectivity index (χ0) is 38.2. The predicted octanol–water partition coefficient (Wildman–Crippen LogP) is 0.875. The zero-order valence-electron chi connectivity index (χ0n) is 27.7. The third-order valence-corrected chi connectivity index (χ3v) is 10.5. The molecule has 2 aromatic carbocycles. The van der Waals surface area contributed by atoms with Crippen LogP contribution in [0.25, 0.3) is 11.0 Å². The van der Waals surface area contributed by atoms with Gasteiger partial charge in [-0.15, -0.1) is 16.9 Å². The number of carbonyl (C=O) groups is 6. The highest BCUT2D eigenvalue weighted by molar-refractivity contribution is 8.01.